The first kappa shape index (κ1) is 18.4. The Morgan fingerprint density at radius 1 is 1.25 bits per heavy atom. The Labute approximate surface area is 165 Å². The van der Waals surface area contributed by atoms with Crippen LogP contribution in [0.25, 0.3) is 0 Å². The number of nitrogens with one attached hydrogen (secondary N) is 2. The summed E-state index contributed by atoms with van der Waals surface area (Å²) in [6.45, 7) is 8.97. The topological polar surface area (TPSA) is 59.0 Å². The Morgan fingerprint density at radius 3 is 2.93 bits per heavy atom. The van der Waals surface area contributed by atoms with Gasteiger partial charge in [-0.05, 0) is 35.7 Å². The zero-order chi connectivity index (χ0) is 19.7. The fourth-order valence-corrected chi connectivity index (χ4v) is 3.83. The monoisotopic (exact) mass is 374 g/mol. The normalized spacial score (nSPS) is 15.1. The summed E-state index contributed by atoms with van der Waals surface area (Å²) in [7, 11) is 0. The maximum Gasteiger partial charge on any atom is 0.256 e. The number of fused-ring (bicyclic) bond motifs is 1. The number of hydrogen-bond acceptors (Lipinski definition) is 3. The van der Waals surface area contributed by atoms with Crippen LogP contribution in [0.1, 0.15) is 46.5 Å². The number of imidazole rings is 1. The highest BCUT2D eigenvalue weighted by atomic mass is 16.1. The molecular formula is C23H26N4O. The van der Waals surface area contributed by atoms with Crippen molar-refractivity contribution in [1.29, 1.82) is 0 Å². The fraction of sp³-hybridized carbons (Fsp3) is 0.304. The van der Waals surface area contributed by atoms with Gasteiger partial charge in [-0.3, -0.25) is 4.79 Å². The quantitative estimate of drug-likeness (QED) is 0.729. The van der Waals surface area contributed by atoms with Crippen molar-refractivity contribution in [1.82, 2.24) is 14.9 Å². The number of amides is 1. The molecule has 2 N–H and O–H groups in total. The first-order chi connectivity index (χ1) is 13.4. The highest BCUT2D eigenvalue weighted by Crippen LogP contribution is 2.30. The molecule has 0 radical (unpaired) electrons. The van der Waals surface area contributed by atoms with Gasteiger partial charge in [0, 0.05) is 36.8 Å². The summed E-state index contributed by atoms with van der Waals surface area (Å²) in [5, 5.41) is 6.36. The molecule has 3 aromatic rings. The number of hydrogen-bond donors (Lipinski definition) is 2. The number of carbonyl (C=O) groups excluding carboxylic acids is 1. The summed E-state index contributed by atoms with van der Waals surface area (Å²) in [6.07, 6.45) is 3.62. The highest BCUT2D eigenvalue weighted by Gasteiger charge is 2.27. The molecule has 2 aromatic carbocycles. The lowest BCUT2D eigenvalue weighted by Crippen LogP contribution is -2.38. The molecule has 28 heavy (non-hydrogen) atoms. The molecule has 0 unspecified atom stereocenters. The summed E-state index contributed by atoms with van der Waals surface area (Å²) in [5.41, 5.74) is 5.62. The molecule has 0 saturated heterocycles. The van der Waals surface area contributed by atoms with Gasteiger partial charge in [0.2, 0.25) is 0 Å². The van der Waals surface area contributed by atoms with Gasteiger partial charge in [-0.1, -0.05) is 49.7 Å². The van der Waals surface area contributed by atoms with Gasteiger partial charge < -0.3 is 15.2 Å². The van der Waals surface area contributed by atoms with Crippen molar-refractivity contribution in [2.45, 2.75) is 39.3 Å². The lowest BCUT2D eigenvalue weighted by molar-refractivity contribution is 0.102. The van der Waals surface area contributed by atoms with Gasteiger partial charge in [-0.2, -0.15) is 0 Å². The third-order valence-corrected chi connectivity index (χ3v) is 5.31. The average Bonchev–Trinajstić information content (AvgIpc) is 3.08. The molecule has 1 aromatic heterocycles. The molecule has 2 heterocycles. The maximum absolute atomic E-state index is 12.7. The van der Waals surface area contributed by atoms with Gasteiger partial charge >= 0.3 is 0 Å². The number of aryl methyl sites for hydroxylation is 1. The second-order valence-corrected chi connectivity index (χ2v) is 8.23. The van der Waals surface area contributed by atoms with E-state index in [0.717, 1.165) is 19.6 Å². The lowest BCUT2D eigenvalue weighted by Gasteiger charge is -2.33. The predicted molar refractivity (Wildman–Crippen MR) is 112 cm³/mol. The summed E-state index contributed by atoms with van der Waals surface area (Å²) in [5.74, 6) is 0.439. The molecule has 5 heteroatoms. The van der Waals surface area contributed by atoms with E-state index in [4.69, 9.17) is 0 Å². The molecular weight excluding hydrogens is 348 g/mol. The summed E-state index contributed by atoms with van der Waals surface area (Å²) < 4.78 is 1.98. The minimum absolute atomic E-state index is 0.0132. The lowest BCUT2D eigenvalue weighted by atomic mass is 9.78. The average molecular weight is 374 g/mol. The van der Waals surface area contributed by atoms with E-state index in [0.29, 0.717) is 11.4 Å². The fourth-order valence-electron chi connectivity index (χ4n) is 3.83. The van der Waals surface area contributed by atoms with Crippen molar-refractivity contribution in [2.24, 2.45) is 0 Å². The summed E-state index contributed by atoms with van der Waals surface area (Å²) in [4.78, 5) is 17.1. The van der Waals surface area contributed by atoms with Crippen molar-refractivity contribution in [3.8, 4) is 0 Å². The zero-order valence-corrected chi connectivity index (χ0v) is 16.6. The van der Waals surface area contributed by atoms with Crippen LogP contribution in [0.4, 0.5) is 5.82 Å². The minimum atomic E-state index is -0.127. The van der Waals surface area contributed by atoms with Crippen LogP contribution in [0, 0.1) is 6.92 Å². The van der Waals surface area contributed by atoms with Crippen LogP contribution in [-0.4, -0.2) is 22.0 Å². The Kier molecular flexibility index (Phi) is 4.77. The third kappa shape index (κ3) is 3.85. The first-order valence-electron chi connectivity index (χ1n) is 9.63. The van der Waals surface area contributed by atoms with Crippen molar-refractivity contribution in [3.05, 3.63) is 82.8 Å². The van der Waals surface area contributed by atoms with Crippen LogP contribution in [0.2, 0.25) is 0 Å². The van der Waals surface area contributed by atoms with Crippen molar-refractivity contribution >= 4 is 11.7 Å². The number of aromatic nitrogens is 2. The van der Waals surface area contributed by atoms with Crippen LogP contribution in [0.3, 0.4) is 0 Å². The second kappa shape index (κ2) is 7.24. The maximum atomic E-state index is 12.7. The molecule has 0 fully saturated rings. The number of benzene rings is 2. The molecule has 0 saturated carbocycles. The Morgan fingerprint density at radius 2 is 2.11 bits per heavy atom. The SMILES string of the molecule is Cc1cccc(Cn2cnc(NC(=O)c3ccc4c(c3)C(C)(C)CNC4)c2)c1. The highest BCUT2D eigenvalue weighted by molar-refractivity contribution is 6.03. The Hall–Kier alpha value is -2.92. The molecule has 5 nitrogen and oxygen atoms in total. The van der Waals surface area contributed by atoms with Crippen LogP contribution in [-0.2, 0) is 18.5 Å². The van der Waals surface area contributed by atoms with Gasteiger partial charge in [0.15, 0.2) is 5.82 Å². The summed E-state index contributed by atoms with van der Waals surface area (Å²) in [6, 6.07) is 14.3. The van der Waals surface area contributed by atoms with Gasteiger partial charge in [-0.15, -0.1) is 0 Å². The minimum Gasteiger partial charge on any atom is -0.331 e. The zero-order valence-electron chi connectivity index (χ0n) is 16.6. The molecule has 0 bridgehead atoms. The van der Waals surface area contributed by atoms with Crippen LogP contribution in [0.5, 0.6) is 0 Å². The number of anilines is 1. The van der Waals surface area contributed by atoms with Gasteiger partial charge in [-0.25, -0.2) is 4.98 Å². The molecule has 144 valence electrons. The van der Waals surface area contributed by atoms with E-state index >= 15 is 0 Å². The van der Waals surface area contributed by atoms with E-state index in [1.165, 1.54) is 22.3 Å². The van der Waals surface area contributed by atoms with Gasteiger partial charge in [0.1, 0.15) is 0 Å². The molecule has 4 rings (SSSR count). The van der Waals surface area contributed by atoms with Crippen molar-refractivity contribution in [2.75, 3.05) is 11.9 Å². The third-order valence-electron chi connectivity index (χ3n) is 5.31. The van der Waals surface area contributed by atoms with Crippen molar-refractivity contribution in [3.63, 3.8) is 0 Å². The largest absolute Gasteiger partial charge is 0.331 e. The molecule has 1 amide bonds. The smallest absolute Gasteiger partial charge is 0.256 e. The molecule has 0 aliphatic carbocycles. The van der Waals surface area contributed by atoms with E-state index in [9.17, 15) is 4.79 Å². The number of nitrogens with zero attached hydrogens (tertiary/aromatic N) is 2. The van der Waals surface area contributed by atoms with Gasteiger partial charge in [0.25, 0.3) is 5.91 Å². The van der Waals surface area contributed by atoms with Crippen LogP contribution in [0.15, 0.2) is 55.0 Å². The van der Waals surface area contributed by atoms with E-state index in [-0.39, 0.29) is 11.3 Å². The van der Waals surface area contributed by atoms with Gasteiger partial charge in [0.05, 0.1) is 6.33 Å². The standard InChI is InChI=1S/C23H26N4O/c1-16-5-4-6-17(9-16)12-27-13-21(25-15-27)26-22(28)18-7-8-19-11-24-14-23(2,3)20(19)10-18/h4-10,13,15,24H,11-12,14H2,1-3H3,(H,26,28). The molecule has 1 aliphatic heterocycles. The molecule has 0 atom stereocenters. The molecule has 0 spiro atoms. The van der Waals surface area contributed by atoms with E-state index in [1.54, 1.807) is 6.33 Å². The Bertz CT molecular complexity index is 1020. The number of carbonyl (C=O) groups is 1. The second-order valence-electron chi connectivity index (χ2n) is 8.23. The van der Waals surface area contributed by atoms with E-state index in [1.807, 2.05) is 22.9 Å². The Balaban J connectivity index is 1.48. The van der Waals surface area contributed by atoms with E-state index < -0.39 is 0 Å². The van der Waals surface area contributed by atoms with Crippen LogP contribution >= 0.6 is 0 Å². The summed E-state index contributed by atoms with van der Waals surface area (Å²) >= 11 is 0. The van der Waals surface area contributed by atoms with Crippen molar-refractivity contribution < 1.29 is 4.79 Å². The number of rotatable bonds is 4. The van der Waals surface area contributed by atoms with Crippen LogP contribution < -0.4 is 10.6 Å². The van der Waals surface area contributed by atoms with E-state index in [2.05, 4.69) is 66.7 Å². The predicted octanol–water partition coefficient (Wildman–Crippen LogP) is 3.87. The molecule has 1 aliphatic rings. The first-order valence-corrected chi connectivity index (χ1v) is 9.63.